The Morgan fingerprint density at radius 3 is 2.56 bits per heavy atom. The Labute approximate surface area is 150 Å². The van der Waals surface area contributed by atoms with Crippen molar-refractivity contribution in [2.45, 2.75) is 6.54 Å². The van der Waals surface area contributed by atoms with Crippen LogP contribution in [0.4, 0.5) is 0 Å². The van der Waals surface area contributed by atoms with Gasteiger partial charge in [0.1, 0.15) is 5.75 Å². The lowest BCUT2D eigenvalue weighted by Crippen LogP contribution is -2.25. The zero-order valence-corrected chi connectivity index (χ0v) is 14.7. The molecule has 1 N–H and O–H groups in total. The van der Waals surface area contributed by atoms with Crippen LogP contribution >= 0.6 is 11.6 Å². The molecule has 0 atom stereocenters. The van der Waals surface area contributed by atoms with Gasteiger partial charge in [-0.25, -0.2) is 0 Å². The van der Waals surface area contributed by atoms with Crippen LogP contribution in [0.15, 0.2) is 54.7 Å². The minimum Gasteiger partial charge on any atom is -0.497 e. The van der Waals surface area contributed by atoms with Gasteiger partial charge in [-0.15, -0.1) is 0 Å². The largest absolute Gasteiger partial charge is 0.497 e. The van der Waals surface area contributed by atoms with Crippen molar-refractivity contribution < 1.29 is 9.53 Å². The summed E-state index contributed by atoms with van der Waals surface area (Å²) in [7, 11) is 3.43. The van der Waals surface area contributed by atoms with Crippen LogP contribution in [-0.4, -0.2) is 22.0 Å². The van der Waals surface area contributed by atoms with Crippen LogP contribution in [0, 0.1) is 5.41 Å². The van der Waals surface area contributed by atoms with Crippen molar-refractivity contribution in [3.8, 4) is 17.0 Å². The summed E-state index contributed by atoms with van der Waals surface area (Å²) in [6.07, 6.45) is 1.81. The number of aromatic nitrogens is 2. The van der Waals surface area contributed by atoms with Gasteiger partial charge in [0.2, 0.25) is 5.62 Å². The standard InChI is InChI=1S/C19H18ClN3O2/c1-22-17(13-6-8-16(25-2)9-7-13)11-23(19(22)21)12-18(24)14-4-3-5-15(20)10-14/h3-11,21H,12H2,1-2H3. The molecule has 0 saturated carbocycles. The molecule has 0 aliphatic rings. The number of nitrogens with zero attached hydrogens (tertiary/aromatic N) is 2. The van der Waals surface area contributed by atoms with Crippen molar-refractivity contribution in [2.24, 2.45) is 7.05 Å². The van der Waals surface area contributed by atoms with Gasteiger partial charge in [-0.1, -0.05) is 23.7 Å². The summed E-state index contributed by atoms with van der Waals surface area (Å²) < 4.78 is 8.54. The van der Waals surface area contributed by atoms with E-state index in [0.29, 0.717) is 10.6 Å². The van der Waals surface area contributed by atoms with E-state index < -0.39 is 0 Å². The summed E-state index contributed by atoms with van der Waals surface area (Å²) in [4.78, 5) is 12.5. The number of imidazole rings is 1. The summed E-state index contributed by atoms with van der Waals surface area (Å²) in [5, 5.41) is 8.79. The predicted octanol–water partition coefficient (Wildman–Crippen LogP) is 3.52. The molecule has 0 aliphatic carbocycles. The van der Waals surface area contributed by atoms with E-state index in [4.69, 9.17) is 21.7 Å². The molecule has 0 radical (unpaired) electrons. The van der Waals surface area contributed by atoms with Gasteiger partial charge in [-0.05, 0) is 42.0 Å². The Morgan fingerprint density at radius 2 is 1.92 bits per heavy atom. The molecule has 25 heavy (non-hydrogen) atoms. The maximum atomic E-state index is 12.5. The molecular formula is C19H18ClN3O2. The van der Waals surface area contributed by atoms with Crippen LogP contribution in [0.25, 0.3) is 11.3 Å². The van der Waals surface area contributed by atoms with Crippen LogP contribution in [0.5, 0.6) is 5.75 Å². The Hall–Kier alpha value is -2.79. The van der Waals surface area contributed by atoms with Crippen molar-refractivity contribution in [3.05, 3.63) is 70.9 Å². The molecule has 0 aliphatic heterocycles. The third-order valence-electron chi connectivity index (χ3n) is 4.08. The number of benzene rings is 2. The lowest BCUT2D eigenvalue weighted by Gasteiger charge is -2.03. The lowest BCUT2D eigenvalue weighted by atomic mass is 10.1. The fraction of sp³-hybridized carbons (Fsp3) is 0.158. The molecule has 0 spiro atoms. The fourth-order valence-electron chi connectivity index (χ4n) is 2.66. The molecule has 1 heterocycles. The molecule has 3 aromatic rings. The molecule has 0 unspecified atom stereocenters. The maximum absolute atomic E-state index is 12.5. The van der Waals surface area contributed by atoms with Gasteiger partial charge in [0.15, 0.2) is 5.78 Å². The number of hydrogen-bond acceptors (Lipinski definition) is 3. The highest BCUT2D eigenvalue weighted by molar-refractivity contribution is 6.31. The first-order valence-corrected chi connectivity index (χ1v) is 8.11. The van der Waals surface area contributed by atoms with E-state index in [1.165, 1.54) is 0 Å². The van der Waals surface area contributed by atoms with E-state index in [-0.39, 0.29) is 17.9 Å². The topological polar surface area (TPSA) is 60.0 Å². The predicted molar refractivity (Wildman–Crippen MR) is 97.0 cm³/mol. The number of carbonyl (C=O) groups excluding carboxylic acids is 1. The minimum atomic E-state index is -0.0899. The number of nitrogens with one attached hydrogen (secondary N) is 1. The highest BCUT2D eigenvalue weighted by Gasteiger charge is 2.12. The van der Waals surface area contributed by atoms with Crippen LogP contribution in [0.3, 0.4) is 0 Å². The highest BCUT2D eigenvalue weighted by Crippen LogP contribution is 2.21. The first kappa shape index (κ1) is 17.0. The molecule has 6 heteroatoms. The number of ketones is 1. The molecule has 0 fully saturated rings. The second kappa shape index (κ2) is 6.99. The van der Waals surface area contributed by atoms with Crippen molar-refractivity contribution in [3.63, 3.8) is 0 Å². The van der Waals surface area contributed by atoms with Crippen LogP contribution in [0.2, 0.25) is 5.02 Å². The molecular weight excluding hydrogens is 338 g/mol. The summed E-state index contributed by atoms with van der Waals surface area (Å²) in [6, 6.07) is 14.4. The van der Waals surface area contributed by atoms with E-state index in [9.17, 15) is 4.79 Å². The van der Waals surface area contributed by atoms with Crippen LogP contribution < -0.4 is 10.4 Å². The number of ether oxygens (including phenoxy) is 1. The number of halogens is 1. The molecule has 0 saturated heterocycles. The van der Waals surface area contributed by atoms with Gasteiger partial charge in [-0.2, -0.15) is 0 Å². The quantitative estimate of drug-likeness (QED) is 0.712. The third-order valence-corrected chi connectivity index (χ3v) is 4.31. The van der Waals surface area contributed by atoms with Crippen LogP contribution in [0.1, 0.15) is 10.4 Å². The van der Waals surface area contributed by atoms with Crippen molar-refractivity contribution in [1.29, 1.82) is 5.41 Å². The molecule has 2 aromatic carbocycles. The molecule has 3 rings (SSSR count). The van der Waals surface area contributed by atoms with E-state index in [1.54, 1.807) is 40.5 Å². The lowest BCUT2D eigenvalue weighted by molar-refractivity contribution is 0.0970. The van der Waals surface area contributed by atoms with Crippen molar-refractivity contribution in [2.75, 3.05) is 7.11 Å². The number of hydrogen-bond donors (Lipinski definition) is 1. The smallest absolute Gasteiger partial charge is 0.202 e. The minimum absolute atomic E-state index is 0.0865. The first-order valence-electron chi connectivity index (χ1n) is 7.73. The van der Waals surface area contributed by atoms with E-state index >= 15 is 0 Å². The number of methoxy groups -OCH3 is 1. The van der Waals surface area contributed by atoms with Gasteiger partial charge in [0, 0.05) is 23.8 Å². The van der Waals surface area contributed by atoms with Crippen LogP contribution in [-0.2, 0) is 13.6 Å². The number of Topliss-reactive ketones (excluding diaryl/α,β-unsaturated/α-hetero) is 1. The monoisotopic (exact) mass is 355 g/mol. The van der Waals surface area contributed by atoms with Crippen molar-refractivity contribution >= 4 is 17.4 Å². The Kier molecular flexibility index (Phi) is 4.76. The van der Waals surface area contributed by atoms with E-state index in [2.05, 4.69) is 0 Å². The highest BCUT2D eigenvalue weighted by atomic mass is 35.5. The van der Waals surface area contributed by atoms with Gasteiger partial charge in [0.25, 0.3) is 0 Å². The number of carbonyl (C=O) groups is 1. The van der Waals surface area contributed by atoms with Gasteiger partial charge >= 0.3 is 0 Å². The second-order valence-corrected chi connectivity index (χ2v) is 6.12. The summed E-state index contributed by atoms with van der Waals surface area (Å²) >= 11 is 5.95. The first-order chi connectivity index (χ1) is 12.0. The van der Waals surface area contributed by atoms with Gasteiger partial charge in [0.05, 0.1) is 19.3 Å². The average Bonchev–Trinajstić information content (AvgIpc) is 2.90. The van der Waals surface area contributed by atoms with Gasteiger partial charge in [-0.3, -0.25) is 10.2 Å². The Bertz CT molecular complexity index is 971. The molecule has 5 nitrogen and oxygen atoms in total. The number of rotatable bonds is 5. The van der Waals surface area contributed by atoms with E-state index in [0.717, 1.165) is 17.0 Å². The summed E-state index contributed by atoms with van der Waals surface area (Å²) in [5.41, 5.74) is 2.59. The van der Waals surface area contributed by atoms with E-state index in [1.807, 2.05) is 37.5 Å². The summed E-state index contributed by atoms with van der Waals surface area (Å²) in [6.45, 7) is 0.0865. The van der Waals surface area contributed by atoms with Crippen molar-refractivity contribution in [1.82, 2.24) is 9.13 Å². The molecule has 0 amide bonds. The summed E-state index contributed by atoms with van der Waals surface area (Å²) in [5.74, 6) is 0.681. The fourth-order valence-corrected chi connectivity index (χ4v) is 2.85. The third kappa shape index (κ3) is 3.51. The zero-order valence-electron chi connectivity index (χ0n) is 14.0. The molecule has 1 aromatic heterocycles. The van der Waals surface area contributed by atoms with Gasteiger partial charge < -0.3 is 13.9 Å². The zero-order chi connectivity index (χ0) is 18.0. The second-order valence-electron chi connectivity index (χ2n) is 5.69. The molecule has 128 valence electrons. The maximum Gasteiger partial charge on any atom is 0.202 e. The average molecular weight is 356 g/mol. The Morgan fingerprint density at radius 1 is 1.20 bits per heavy atom. The SMILES string of the molecule is COc1ccc(-c2cn(CC(=O)c3cccc(Cl)c3)c(=N)n2C)cc1. The normalized spacial score (nSPS) is 10.7. The Balaban J connectivity index is 1.90. The molecule has 0 bridgehead atoms.